The van der Waals surface area contributed by atoms with E-state index in [0.29, 0.717) is 11.5 Å². The molecule has 1 N–H and O–H groups in total. The van der Waals surface area contributed by atoms with E-state index in [1.54, 1.807) is 14.2 Å². The first-order chi connectivity index (χ1) is 15.2. The summed E-state index contributed by atoms with van der Waals surface area (Å²) < 4.78 is 16.6. The van der Waals surface area contributed by atoms with Crippen molar-refractivity contribution in [2.45, 2.75) is 37.3 Å². The summed E-state index contributed by atoms with van der Waals surface area (Å²) in [6.45, 7) is 3.19. The van der Waals surface area contributed by atoms with E-state index >= 15 is 0 Å². The highest BCUT2D eigenvalue weighted by Crippen LogP contribution is 2.44. The quantitative estimate of drug-likeness (QED) is 0.815. The SMILES string of the molecule is COc1cc2c(cc1OC)C1CC(O)CCC1N=C2c1ccc(N2CCOCC2)nc1. The number of hydrogen-bond acceptors (Lipinski definition) is 7. The van der Waals surface area contributed by atoms with Gasteiger partial charge in [-0.15, -0.1) is 0 Å². The average Bonchev–Trinajstić information content (AvgIpc) is 2.83. The molecule has 0 amide bonds. The van der Waals surface area contributed by atoms with Crippen molar-refractivity contribution in [3.05, 3.63) is 47.2 Å². The molecule has 3 heterocycles. The van der Waals surface area contributed by atoms with Gasteiger partial charge in [0.2, 0.25) is 0 Å². The van der Waals surface area contributed by atoms with Crippen LogP contribution < -0.4 is 14.4 Å². The van der Waals surface area contributed by atoms with Crippen molar-refractivity contribution < 1.29 is 19.3 Å². The second-order valence-corrected chi connectivity index (χ2v) is 8.42. The van der Waals surface area contributed by atoms with Gasteiger partial charge >= 0.3 is 0 Å². The standard InChI is InChI=1S/C24H29N3O4/c1-29-21-12-17-18-11-16(28)4-5-20(18)26-24(19(17)13-22(21)30-2)15-3-6-23(25-14-15)27-7-9-31-10-8-27/h3,6,12-14,16,18,20,28H,4-5,7-11H2,1-2H3. The predicted octanol–water partition coefficient (Wildman–Crippen LogP) is 2.78. The Hall–Kier alpha value is -2.64. The van der Waals surface area contributed by atoms with Crippen molar-refractivity contribution in [2.75, 3.05) is 45.4 Å². The van der Waals surface area contributed by atoms with Crippen LogP contribution in [-0.2, 0) is 4.74 Å². The largest absolute Gasteiger partial charge is 0.493 e. The minimum atomic E-state index is -0.284. The summed E-state index contributed by atoms with van der Waals surface area (Å²) in [5.74, 6) is 2.54. The third-order valence-corrected chi connectivity index (χ3v) is 6.65. The van der Waals surface area contributed by atoms with Crippen LogP contribution in [0.15, 0.2) is 35.5 Å². The Morgan fingerprint density at radius 3 is 2.55 bits per heavy atom. The maximum atomic E-state index is 10.3. The van der Waals surface area contributed by atoms with E-state index in [1.165, 1.54) is 5.56 Å². The lowest BCUT2D eigenvalue weighted by molar-refractivity contribution is 0.111. The fourth-order valence-corrected chi connectivity index (χ4v) is 5.00. The highest BCUT2D eigenvalue weighted by atomic mass is 16.5. The van der Waals surface area contributed by atoms with Crippen LogP contribution in [0.1, 0.15) is 41.9 Å². The molecule has 1 saturated heterocycles. The Bertz CT molecular complexity index is 970. The number of anilines is 1. The third kappa shape index (κ3) is 3.77. The number of aromatic nitrogens is 1. The summed E-state index contributed by atoms with van der Waals surface area (Å²) >= 11 is 0. The van der Waals surface area contributed by atoms with Crippen LogP contribution in [0.4, 0.5) is 5.82 Å². The second-order valence-electron chi connectivity index (χ2n) is 8.42. The summed E-state index contributed by atoms with van der Waals surface area (Å²) in [7, 11) is 3.30. The van der Waals surface area contributed by atoms with Gasteiger partial charge in [-0.1, -0.05) is 0 Å². The lowest BCUT2D eigenvalue weighted by Crippen LogP contribution is -2.36. The zero-order chi connectivity index (χ0) is 21.4. The van der Waals surface area contributed by atoms with E-state index in [1.807, 2.05) is 12.3 Å². The zero-order valence-corrected chi connectivity index (χ0v) is 18.1. The Kier molecular flexibility index (Phi) is 5.54. The molecule has 2 aromatic rings. The topological polar surface area (TPSA) is 76.4 Å². The Morgan fingerprint density at radius 1 is 1.06 bits per heavy atom. The van der Waals surface area contributed by atoms with Gasteiger partial charge in [0.15, 0.2) is 11.5 Å². The van der Waals surface area contributed by atoms with E-state index in [2.05, 4.69) is 23.1 Å². The smallest absolute Gasteiger partial charge is 0.161 e. The number of pyridine rings is 1. The molecule has 2 aliphatic heterocycles. The second kappa shape index (κ2) is 8.48. The predicted molar refractivity (Wildman–Crippen MR) is 119 cm³/mol. The van der Waals surface area contributed by atoms with E-state index < -0.39 is 0 Å². The molecule has 5 rings (SSSR count). The summed E-state index contributed by atoms with van der Waals surface area (Å²) in [6, 6.07) is 8.41. The molecule has 1 aromatic carbocycles. The zero-order valence-electron chi connectivity index (χ0n) is 18.1. The van der Waals surface area contributed by atoms with Gasteiger partial charge in [-0.2, -0.15) is 0 Å². The molecule has 7 heteroatoms. The van der Waals surface area contributed by atoms with Gasteiger partial charge in [-0.05, 0) is 49.1 Å². The fraction of sp³-hybridized carbons (Fsp3) is 0.500. The van der Waals surface area contributed by atoms with Crippen LogP contribution in [0.25, 0.3) is 0 Å². The summed E-state index contributed by atoms with van der Waals surface area (Å²) in [5.41, 5.74) is 4.14. The van der Waals surface area contributed by atoms with Gasteiger partial charge in [0.1, 0.15) is 5.82 Å². The Morgan fingerprint density at radius 2 is 1.84 bits per heavy atom. The van der Waals surface area contributed by atoms with Gasteiger partial charge in [0.05, 0.1) is 45.3 Å². The minimum absolute atomic E-state index is 0.155. The van der Waals surface area contributed by atoms with Gasteiger partial charge in [0, 0.05) is 36.3 Å². The maximum Gasteiger partial charge on any atom is 0.161 e. The molecule has 3 unspecified atom stereocenters. The Balaban J connectivity index is 1.55. The minimum Gasteiger partial charge on any atom is -0.493 e. The number of rotatable bonds is 4. The van der Waals surface area contributed by atoms with Crippen LogP contribution >= 0.6 is 0 Å². The van der Waals surface area contributed by atoms with Crippen molar-refractivity contribution in [3.63, 3.8) is 0 Å². The van der Waals surface area contributed by atoms with Gasteiger partial charge in [-0.3, -0.25) is 4.99 Å². The normalized spacial score (nSPS) is 25.3. The molecule has 3 aliphatic rings. The fourth-order valence-electron chi connectivity index (χ4n) is 5.00. The molecule has 3 atom stereocenters. The molecule has 31 heavy (non-hydrogen) atoms. The van der Waals surface area contributed by atoms with Gasteiger partial charge < -0.3 is 24.2 Å². The van der Waals surface area contributed by atoms with Crippen molar-refractivity contribution in [3.8, 4) is 11.5 Å². The van der Waals surface area contributed by atoms with E-state index in [9.17, 15) is 5.11 Å². The monoisotopic (exact) mass is 423 g/mol. The van der Waals surface area contributed by atoms with Gasteiger partial charge in [0.25, 0.3) is 0 Å². The molecule has 0 bridgehead atoms. The van der Waals surface area contributed by atoms with Crippen molar-refractivity contribution >= 4 is 11.5 Å². The van der Waals surface area contributed by atoms with Crippen molar-refractivity contribution in [1.29, 1.82) is 0 Å². The van der Waals surface area contributed by atoms with Crippen LogP contribution in [-0.4, -0.2) is 68.5 Å². The lowest BCUT2D eigenvalue weighted by atomic mass is 9.74. The molecule has 1 aromatic heterocycles. The molecule has 1 aliphatic carbocycles. The first-order valence-electron chi connectivity index (χ1n) is 11.0. The third-order valence-electron chi connectivity index (χ3n) is 6.65. The number of hydrogen-bond donors (Lipinski definition) is 1. The van der Waals surface area contributed by atoms with E-state index in [0.717, 1.165) is 68.2 Å². The van der Waals surface area contributed by atoms with Crippen LogP contribution in [0.5, 0.6) is 11.5 Å². The molecular formula is C24H29N3O4. The van der Waals surface area contributed by atoms with Crippen molar-refractivity contribution in [1.82, 2.24) is 4.98 Å². The van der Waals surface area contributed by atoms with E-state index in [-0.39, 0.29) is 18.1 Å². The number of fused-ring (bicyclic) bond motifs is 3. The van der Waals surface area contributed by atoms with Crippen molar-refractivity contribution in [2.24, 2.45) is 4.99 Å². The highest BCUT2D eigenvalue weighted by molar-refractivity contribution is 6.15. The van der Waals surface area contributed by atoms with Gasteiger partial charge in [-0.25, -0.2) is 4.98 Å². The summed E-state index contributed by atoms with van der Waals surface area (Å²) in [6.07, 6.45) is 4.02. The first kappa shape index (κ1) is 20.3. The molecule has 0 radical (unpaired) electrons. The Labute approximate surface area is 182 Å². The molecule has 0 spiro atoms. The number of nitrogens with zero attached hydrogens (tertiary/aromatic N) is 3. The molecular weight excluding hydrogens is 394 g/mol. The summed E-state index contributed by atoms with van der Waals surface area (Å²) in [4.78, 5) is 12.1. The number of aliphatic hydroxyl groups is 1. The maximum absolute atomic E-state index is 10.3. The number of methoxy groups -OCH3 is 2. The molecule has 7 nitrogen and oxygen atoms in total. The summed E-state index contributed by atoms with van der Waals surface area (Å²) in [5, 5.41) is 10.3. The molecule has 2 fully saturated rings. The number of aliphatic imine (C=N–C) groups is 1. The number of morpholine rings is 1. The van der Waals surface area contributed by atoms with Crippen LogP contribution in [0.2, 0.25) is 0 Å². The average molecular weight is 424 g/mol. The number of ether oxygens (including phenoxy) is 3. The van der Waals surface area contributed by atoms with Crippen LogP contribution in [0, 0.1) is 0 Å². The lowest BCUT2D eigenvalue weighted by Gasteiger charge is -2.37. The van der Waals surface area contributed by atoms with E-state index in [4.69, 9.17) is 24.2 Å². The molecule has 164 valence electrons. The first-order valence-corrected chi connectivity index (χ1v) is 11.0. The molecule has 1 saturated carbocycles. The van der Waals surface area contributed by atoms with Crippen LogP contribution in [0.3, 0.4) is 0 Å². The highest BCUT2D eigenvalue weighted by Gasteiger charge is 2.37. The number of benzene rings is 1. The number of aliphatic hydroxyl groups excluding tert-OH is 1.